The van der Waals surface area contributed by atoms with Gasteiger partial charge in [-0.3, -0.25) is 9.59 Å². The van der Waals surface area contributed by atoms with Crippen molar-refractivity contribution in [3.05, 3.63) is 75.2 Å². The number of halogens is 1. The third kappa shape index (κ3) is 3.03. The molecule has 0 saturated carbocycles. The molecule has 0 spiro atoms. The van der Waals surface area contributed by atoms with Gasteiger partial charge in [-0.15, -0.1) is 0 Å². The number of aromatic nitrogens is 2. The largest absolute Gasteiger partial charge is 0.319 e. The van der Waals surface area contributed by atoms with Crippen LogP contribution in [0.2, 0.25) is 5.02 Å². The van der Waals surface area contributed by atoms with E-state index in [9.17, 15) is 9.59 Å². The fourth-order valence-electron chi connectivity index (χ4n) is 2.62. The molecule has 3 rings (SSSR count). The van der Waals surface area contributed by atoms with Gasteiger partial charge in [0.05, 0.1) is 17.0 Å². The number of aromatic amines is 1. The number of H-pyrrole nitrogens is 1. The molecule has 1 aromatic heterocycles. The number of fused-ring (bicyclic) bond motifs is 1. The van der Waals surface area contributed by atoms with Gasteiger partial charge in [-0.2, -0.15) is 0 Å². The Balaban J connectivity index is 2.09. The van der Waals surface area contributed by atoms with Gasteiger partial charge >= 0.3 is 0 Å². The Morgan fingerprint density at radius 2 is 1.96 bits per heavy atom. The highest BCUT2D eigenvalue weighted by atomic mass is 35.5. The first kappa shape index (κ1) is 15.4. The normalized spacial score (nSPS) is 12.3. The van der Waals surface area contributed by atoms with Crippen molar-refractivity contribution in [2.24, 2.45) is 0 Å². The molecule has 116 valence electrons. The molecule has 0 amide bonds. The molecular weight excluding hydrogens is 312 g/mol. The summed E-state index contributed by atoms with van der Waals surface area (Å²) in [6, 6.07) is 14.0. The van der Waals surface area contributed by atoms with E-state index < -0.39 is 5.92 Å². The lowest BCUT2D eigenvalue weighted by Crippen LogP contribution is -2.24. The van der Waals surface area contributed by atoms with Crippen LogP contribution in [0.1, 0.15) is 35.3 Å². The quantitative estimate of drug-likeness (QED) is 0.738. The molecule has 1 atom stereocenters. The van der Waals surface area contributed by atoms with Crippen molar-refractivity contribution in [1.82, 2.24) is 9.97 Å². The molecule has 0 bridgehead atoms. The third-order valence-electron chi connectivity index (χ3n) is 3.79. The number of nitrogens with one attached hydrogen (secondary N) is 1. The lowest BCUT2D eigenvalue weighted by molar-refractivity contribution is 0.0955. The number of hydrogen-bond donors (Lipinski definition) is 1. The molecule has 2 aromatic carbocycles. The van der Waals surface area contributed by atoms with Crippen LogP contribution in [-0.2, 0) is 0 Å². The number of hydrogen-bond acceptors (Lipinski definition) is 3. The highest BCUT2D eigenvalue weighted by Gasteiger charge is 2.24. The molecule has 3 aromatic rings. The van der Waals surface area contributed by atoms with Crippen molar-refractivity contribution in [1.29, 1.82) is 0 Å². The maximum Gasteiger partial charge on any atom is 0.270 e. The van der Waals surface area contributed by atoms with Crippen LogP contribution in [0.25, 0.3) is 11.0 Å². The molecule has 5 heteroatoms. The van der Waals surface area contributed by atoms with Gasteiger partial charge in [0, 0.05) is 10.6 Å². The minimum absolute atomic E-state index is 0.0978. The van der Waals surface area contributed by atoms with E-state index in [0.717, 1.165) is 0 Å². The summed E-state index contributed by atoms with van der Waals surface area (Å²) in [5.41, 5.74) is 1.65. The maximum atomic E-state index is 12.7. The summed E-state index contributed by atoms with van der Waals surface area (Å²) in [6.45, 7) is 1.87. The molecule has 23 heavy (non-hydrogen) atoms. The molecule has 0 aliphatic rings. The van der Waals surface area contributed by atoms with Crippen molar-refractivity contribution >= 4 is 28.4 Å². The Labute approximate surface area is 138 Å². The highest BCUT2D eigenvalue weighted by molar-refractivity contribution is 6.31. The van der Waals surface area contributed by atoms with Gasteiger partial charge in [0.25, 0.3) is 5.56 Å². The number of carbonyl (C=O) groups excluding carboxylic acids is 1. The number of nitrogens with zero attached hydrogens (tertiary/aromatic N) is 1. The summed E-state index contributed by atoms with van der Waals surface area (Å²) in [5, 5.41) is 0.523. The standard InChI is InChI=1S/C18H15ClN2O2/c1-2-13(17(22)11-6-4-3-5-7-11)16-18(23)21-15-10-12(19)8-9-14(15)20-16/h3-10,13H,2H2,1H3,(H,21,23)/t13-/m0/s1. The van der Waals surface area contributed by atoms with Crippen LogP contribution in [0.5, 0.6) is 0 Å². The van der Waals surface area contributed by atoms with Crippen LogP contribution < -0.4 is 5.56 Å². The Morgan fingerprint density at radius 3 is 2.65 bits per heavy atom. The molecule has 0 radical (unpaired) electrons. The summed E-state index contributed by atoms with van der Waals surface area (Å²) < 4.78 is 0. The average Bonchev–Trinajstić information content (AvgIpc) is 2.56. The second kappa shape index (κ2) is 6.34. The maximum absolute atomic E-state index is 12.7. The van der Waals surface area contributed by atoms with Gasteiger partial charge in [0.15, 0.2) is 5.78 Å². The minimum Gasteiger partial charge on any atom is -0.319 e. The van der Waals surface area contributed by atoms with E-state index in [0.29, 0.717) is 28.0 Å². The smallest absolute Gasteiger partial charge is 0.270 e. The molecule has 0 fully saturated rings. The van der Waals surface area contributed by atoms with Gasteiger partial charge in [-0.1, -0.05) is 48.9 Å². The molecule has 0 unspecified atom stereocenters. The number of benzene rings is 2. The van der Waals surface area contributed by atoms with Gasteiger partial charge in [0.2, 0.25) is 0 Å². The van der Waals surface area contributed by atoms with Crippen molar-refractivity contribution in [3.8, 4) is 0 Å². The summed E-state index contributed by atoms with van der Waals surface area (Å²) >= 11 is 5.93. The van der Waals surface area contributed by atoms with Crippen LogP contribution in [-0.4, -0.2) is 15.8 Å². The highest BCUT2D eigenvalue weighted by Crippen LogP contribution is 2.22. The zero-order chi connectivity index (χ0) is 16.4. The number of ketones is 1. The Kier molecular flexibility index (Phi) is 4.26. The first-order chi connectivity index (χ1) is 11.1. The van der Waals surface area contributed by atoms with E-state index in [2.05, 4.69) is 9.97 Å². The van der Waals surface area contributed by atoms with E-state index in [-0.39, 0.29) is 17.0 Å². The van der Waals surface area contributed by atoms with Crippen LogP contribution >= 0.6 is 11.6 Å². The fraction of sp³-hybridized carbons (Fsp3) is 0.167. The average molecular weight is 327 g/mol. The SMILES string of the molecule is CC[C@H](C(=O)c1ccccc1)c1nc2ccc(Cl)cc2[nH]c1=O. The second-order valence-electron chi connectivity index (χ2n) is 5.30. The van der Waals surface area contributed by atoms with Crippen molar-refractivity contribution in [2.45, 2.75) is 19.3 Å². The van der Waals surface area contributed by atoms with E-state index in [1.807, 2.05) is 13.0 Å². The van der Waals surface area contributed by atoms with Gasteiger partial charge < -0.3 is 4.98 Å². The number of Topliss-reactive ketones (excluding diaryl/α,β-unsaturated/α-hetero) is 1. The summed E-state index contributed by atoms with van der Waals surface area (Å²) in [6.07, 6.45) is 0.503. The summed E-state index contributed by atoms with van der Waals surface area (Å²) in [4.78, 5) is 32.2. The van der Waals surface area contributed by atoms with E-state index in [4.69, 9.17) is 11.6 Å². The second-order valence-corrected chi connectivity index (χ2v) is 5.74. The third-order valence-corrected chi connectivity index (χ3v) is 4.03. The Bertz CT molecular complexity index is 919. The number of carbonyl (C=O) groups is 1. The van der Waals surface area contributed by atoms with E-state index >= 15 is 0 Å². The van der Waals surface area contributed by atoms with Gasteiger partial charge in [-0.05, 0) is 24.6 Å². The molecule has 1 heterocycles. The van der Waals surface area contributed by atoms with Crippen LogP contribution in [0.3, 0.4) is 0 Å². The Morgan fingerprint density at radius 1 is 1.22 bits per heavy atom. The van der Waals surface area contributed by atoms with E-state index in [1.165, 1.54) is 0 Å². The first-order valence-corrected chi connectivity index (χ1v) is 7.76. The summed E-state index contributed by atoms with van der Waals surface area (Å²) in [7, 11) is 0. The zero-order valence-electron chi connectivity index (χ0n) is 12.5. The minimum atomic E-state index is -0.568. The molecule has 0 aliphatic heterocycles. The van der Waals surface area contributed by atoms with Crippen LogP contribution in [0.15, 0.2) is 53.3 Å². The van der Waals surface area contributed by atoms with Gasteiger partial charge in [0.1, 0.15) is 5.69 Å². The Hall–Kier alpha value is -2.46. The monoisotopic (exact) mass is 326 g/mol. The van der Waals surface area contributed by atoms with Crippen molar-refractivity contribution < 1.29 is 4.79 Å². The predicted octanol–water partition coefficient (Wildman–Crippen LogP) is 3.95. The number of rotatable bonds is 4. The lowest BCUT2D eigenvalue weighted by atomic mass is 9.92. The fourth-order valence-corrected chi connectivity index (χ4v) is 2.79. The molecule has 4 nitrogen and oxygen atoms in total. The van der Waals surface area contributed by atoms with Crippen molar-refractivity contribution in [3.63, 3.8) is 0 Å². The van der Waals surface area contributed by atoms with Crippen LogP contribution in [0, 0.1) is 0 Å². The predicted molar refractivity (Wildman–Crippen MR) is 91.2 cm³/mol. The lowest BCUT2D eigenvalue weighted by Gasteiger charge is -2.13. The molecule has 0 aliphatic carbocycles. The van der Waals surface area contributed by atoms with Crippen molar-refractivity contribution in [2.75, 3.05) is 0 Å². The van der Waals surface area contributed by atoms with Crippen LogP contribution in [0.4, 0.5) is 0 Å². The van der Waals surface area contributed by atoms with E-state index in [1.54, 1.807) is 42.5 Å². The topological polar surface area (TPSA) is 62.8 Å². The molecular formula is C18H15ClN2O2. The molecule has 0 saturated heterocycles. The van der Waals surface area contributed by atoms with Gasteiger partial charge in [-0.25, -0.2) is 4.98 Å². The first-order valence-electron chi connectivity index (χ1n) is 7.39. The molecule has 1 N–H and O–H groups in total. The zero-order valence-corrected chi connectivity index (χ0v) is 13.3. The summed E-state index contributed by atoms with van der Waals surface area (Å²) in [5.74, 6) is -0.666.